The molecule has 2 aromatic rings. The number of halogens is 4. The highest BCUT2D eigenvalue weighted by Crippen LogP contribution is 2.41. The fraction of sp³-hybridized carbons (Fsp3) is 0.561. The van der Waals surface area contributed by atoms with E-state index in [4.69, 9.17) is 12.2 Å². The van der Waals surface area contributed by atoms with Gasteiger partial charge in [-0.15, -0.1) is 0 Å². The molecule has 4 aliphatic rings. The highest BCUT2D eigenvalue weighted by molar-refractivity contribution is 7.80. The van der Waals surface area contributed by atoms with E-state index in [1.807, 2.05) is 4.90 Å². The molecule has 58 heavy (non-hydrogen) atoms. The number of nitrogens with zero attached hydrogens (tertiary/aromatic N) is 5. The normalized spacial score (nSPS) is 25.7. The number of alkyl halides is 3. The fourth-order valence-electron chi connectivity index (χ4n) is 9.05. The lowest BCUT2D eigenvalue weighted by atomic mass is 9.82. The molecule has 4 fully saturated rings. The molecule has 3 saturated heterocycles. The first kappa shape index (κ1) is 42.9. The second kappa shape index (κ2) is 17.3. The number of piperazine rings is 1. The van der Waals surface area contributed by atoms with Crippen molar-refractivity contribution in [1.29, 1.82) is 5.26 Å². The fourth-order valence-corrected chi connectivity index (χ4v) is 9.62. The lowest BCUT2D eigenvalue weighted by molar-refractivity contribution is -0.138. The number of thiocarbonyl (C=S) groups is 1. The van der Waals surface area contributed by atoms with E-state index in [0.717, 1.165) is 70.3 Å². The largest absolute Gasteiger partial charge is 0.417 e. The Morgan fingerprint density at radius 2 is 1.67 bits per heavy atom. The number of amides is 4. The summed E-state index contributed by atoms with van der Waals surface area (Å²) in [4.78, 5) is 58.0. The van der Waals surface area contributed by atoms with E-state index in [1.165, 1.54) is 23.1 Å². The molecule has 0 spiro atoms. The van der Waals surface area contributed by atoms with Crippen molar-refractivity contribution in [2.75, 3.05) is 41.7 Å². The van der Waals surface area contributed by atoms with Gasteiger partial charge in [0.1, 0.15) is 17.4 Å². The summed E-state index contributed by atoms with van der Waals surface area (Å²) in [6.45, 7) is 10.3. The van der Waals surface area contributed by atoms with Crippen LogP contribution >= 0.6 is 12.2 Å². The SMILES string of the molecule is C[C@@H]1CN(CCC[C@H]2CC[C@H](N3C(=S)N(c4ccc(C#N)c(C(F)(F)F)c4)C(=O)C3(C)C)CC2)C[C@H](C)N1CC(=O)Nc1cc(F)cc(NC2CCC(=O)NC2=O)c1. The van der Waals surface area contributed by atoms with Crippen molar-refractivity contribution in [3.63, 3.8) is 0 Å². The van der Waals surface area contributed by atoms with Crippen LogP contribution in [0.4, 0.5) is 34.6 Å². The Morgan fingerprint density at radius 1 is 1.00 bits per heavy atom. The van der Waals surface area contributed by atoms with Crippen LogP contribution in [-0.2, 0) is 25.4 Å². The van der Waals surface area contributed by atoms with Gasteiger partial charge >= 0.3 is 6.18 Å². The summed E-state index contributed by atoms with van der Waals surface area (Å²) >= 11 is 5.76. The standard InChI is InChI=1S/C41H50F4N8O4S/c1-24-21-50(22-25(2)51(24)23-36(55)48-30-17-28(42)16-29(18-30)47-34-13-14-35(54)49-37(34)56)15-5-6-26-7-10-31(11-8-26)53-39(58)52(38(57)40(53,3)4)32-12-9-27(20-46)33(19-32)41(43,44)45/h9,12,16-19,24-26,31,34,47H,5-8,10-11,13-15,21-23H2,1-4H3,(H,48,55)(H,49,54,56)/t24-,25+,26-,31-,34?. The van der Waals surface area contributed by atoms with E-state index in [2.05, 4.69) is 39.6 Å². The summed E-state index contributed by atoms with van der Waals surface area (Å²) < 4.78 is 55.7. The van der Waals surface area contributed by atoms with E-state index >= 15 is 0 Å². The molecule has 0 bridgehead atoms. The van der Waals surface area contributed by atoms with Crippen LogP contribution in [0.5, 0.6) is 0 Å². The molecule has 3 aliphatic heterocycles. The van der Waals surface area contributed by atoms with Crippen molar-refractivity contribution in [1.82, 2.24) is 20.0 Å². The predicted molar refractivity (Wildman–Crippen MR) is 214 cm³/mol. The summed E-state index contributed by atoms with van der Waals surface area (Å²) in [5.41, 5.74) is -2.07. The van der Waals surface area contributed by atoms with Gasteiger partial charge in [-0.25, -0.2) is 4.39 Å². The van der Waals surface area contributed by atoms with Gasteiger partial charge in [0, 0.05) is 49.0 Å². The average Bonchev–Trinajstić information content (AvgIpc) is 3.32. The van der Waals surface area contributed by atoms with Gasteiger partial charge in [0.05, 0.1) is 29.4 Å². The van der Waals surface area contributed by atoms with Crippen LogP contribution in [0.15, 0.2) is 36.4 Å². The zero-order chi connectivity index (χ0) is 42.1. The molecule has 3 atom stereocenters. The Hall–Kier alpha value is -4.66. The number of nitrogens with one attached hydrogen (secondary N) is 3. The topological polar surface area (TPSA) is 141 Å². The van der Waals surface area contributed by atoms with Crippen LogP contribution in [0.3, 0.4) is 0 Å². The van der Waals surface area contributed by atoms with Gasteiger partial charge in [-0.05, 0) is 134 Å². The number of anilines is 3. The molecule has 312 valence electrons. The Balaban J connectivity index is 0.951. The monoisotopic (exact) mass is 826 g/mol. The predicted octanol–water partition coefficient (Wildman–Crippen LogP) is 6.02. The van der Waals surface area contributed by atoms with Crippen molar-refractivity contribution < 1.29 is 36.7 Å². The number of benzene rings is 2. The van der Waals surface area contributed by atoms with Crippen LogP contribution in [0.25, 0.3) is 0 Å². The minimum absolute atomic E-state index is 0.00105. The second-order valence-electron chi connectivity index (χ2n) is 16.6. The van der Waals surface area contributed by atoms with E-state index in [1.54, 1.807) is 26.0 Å². The Kier molecular flexibility index (Phi) is 12.8. The third kappa shape index (κ3) is 9.45. The van der Waals surface area contributed by atoms with Crippen molar-refractivity contribution >= 4 is 58.0 Å². The first-order chi connectivity index (χ1) is 27.3. The molecule has 0 radical (unpaired) electrons. The lowest BCUT2D eigenvalue weighted by Gasteiger charge is -2.44. The van der Waals surface area contributed by atoms with Gasteiger partial charge in [-0.1, -0.05) is 0 Å². The van der Waals surface area contributed by atoms with Crippen LogP contribution in [0.1, 0.15) is 90.2 Å². The van der Waals surface area contributed by atoms with Gasteiger partial charge in [-0.2, -0.15) is 18.4 Å². The van der Waals surface area contributed by atoms with Gasteiger partial charge < -0.3 is 20.4 Å². The molecule has 1 saturated carbocycles. The molecule has 12 nitrogen and oxygen atoms in total. The molecule has 1 aliphatic carbocycles. The molecule has 17 heteroatoms. The van der Waals surface area contributed by atoms with Crippen molar-refractivity contribution in [3.05, 3.63) is 53.3 Å². The van der Waals surface area contributed by atoms with Gasteiger partial charge in [0.25, 0.3) is 5.91 Å². The molecular weight excluding hydrogens is 777 g/mol. The number of carbonyl (C=O) groups excluding carboxylic acids is 4. The summed E-state index contributed by atoms with van der Waals surface area (Å²) in [5, 5.41) is 17.4. The summed E-state index contributed by atoms with van der Waals surface area (Å²) in [6, 6.07) is 8.33. The Labute approximate surface area is 341 Å². The number of rotatable bonds is 11. The van der Waals surface area contributed by atoms with Gasteiger partial charge in [0.15, 0.2) is 5.11 Å². The van der Waals surface area contributed by atoms with Crippen LogP contribution in [0.2, 0.25) is 0 Å². The number of hydrogen-bond donors (Lipinski definition) is 3. The maximum atomic E-state index is 14.5. The maximum Gasteiger partial charge on any atom is 0.417 e. The van der Waals surface area contributed by atoms with Crippen molar-refractivity contribution in [2.45, 2.75) is 115 Å². The number of imide groups is 1. The molecular formula is C41H50F4N8O4S. The maximum absolute atomic E-state index is 14.5. The first-order valence-electron chi connectivity index (χ1n) is 19.8. The van der Waals surface area contributed by atoms with Crippen LogP contribution in [-0.4, -0.2) is 99.3 Å². The number of piperidine rings is 1. The minimum atomic E-state index is -4.76. The van der Waals surface area contributed by atoms with E-state index < -0.39 is 46.5 Å². The smallest absolute Gasteiger partial charge is 0.374 e. The molecule has 1 unspecified atom stereocenters. The van der Waals surface area contributed by atoms with Crippen LogP contribution in [0, 0.1) is 23.1 Å². The molecule has 2 aromatic carbocycles. The second-order valence-corrected chi connectivity index (χ2v) is 16.9. The van der Waals surface area contributed by atoms with Crippen LogP contribution < -0.4 is 20.9 Å². The molecule has 6 rings (SSSR count). The molecule has 3 N–H and O–H groups in total. The molecule has 0 aromatic heterocycles. The number of hydrogen-bond acceptors (Lipinski definition) is 9. The first-order valence-corrected chi connectivity index (χ1v) is 20.2. The van der Waals surface area contributed by atoms with Crippen molar-refractivity contribution in [3.8, 4) is 6.07 Å². The number of nitriles is 1. The zero-order valence-electron chi connectivity index (χ0n) is 33.1. The Morgan fingerprint density at radius 3 is 2.31 bits per heavy atom. The quantitative estimate of drug-likeness (QED) is 0.140. The third-order valence-electron chi connectivity index (χ3n) is 11.9. The van der Waals surface area contributed by atoms with E-state index in [-0.39, 0.29) is 65.8 Å². The average molecular weight is 827 g/mol. The van der Waals surface area contributed by atoms with Crippen molar-refractivity contribution in [2.24, 2.45) is 5.92 Å². The number of carbonyl (C=O) groups is 4. The van der Waals surface area contributed by atoms with E-state index in [0.29, 0.717) is 11.6 Å². The molecule has 4 amide bonds. The Bertz CT molecular complexity index is 1970. The lowest BCUT2D eigenvalue weighted by Crippen LogP contribution is -2.58. The molecule has 3 heterocycles. The highest BCUT2D eigenvalue weighted by Gasteiger charge is 2.52. The summed E-state index contributed by atoms with van der Waals surface area (Å²) in [7, 11) is 0. The van der Waals surface area contributed by atoms with E-state index in [9.17, 15) is 42.0 Å². The van der Waals surface area contributed by atoms with Gasteiger partial charge in [0.2, 0.25) is 17.7 Å². The highest BCUT2D eigenvalue weighted by atomic mass is 32.1. The third-order valence-corrected chi connectivity index (χ3v) is 12.3. The van der Waals surface area contributed by atoms with Gasteiger partial charge in [-0.3, -0.25) is 34.3 Å². The summed E-state index contributed by atoms with van der Waals surface area (Å²) in [6.07, 6.45) is 1.24. The summed E-state index contributed by atoms with van der Waals surface area (Å²) in [5.74, 6) is -1.58. The zero-order valence-corrected chi connectivity index (χ0v) is 33.9. The minimum Gasteiger partial charge on any atom is -0.374 e.